The summed E-state index contributed by atoms with van der Waals surface area (Å²) in [5.41, 5.74) is 2.60. The fraction of sp³-hybridized carbons (Fsp3) is 0.429. The fourth-order valence-electron chi connectivity index (χ4n) is 4.85. The van der Waals surface area contributed by atoms with Crippen molar-refractivity contribution < 1.29 is 27.9 Å². The van der Waals surface area contributed by atoms with Crippen LogP contribution in [0.3, 0.4) is 0 Å². The van der Waals surface area contributed by atoms with Crippen molar-refractivity contribution in [1.29, 1.82) is 0 Å². The number of carbonyl (C=O) groups excluding carboxylic acids is 2. The molecule has 2 aromatic carbocycles. The van der Waals surface area contributed by atoms with Gasteiger partial charge < -0.3 is 24.6 Å². The predicted octanol–water partition coefficient (Wildman–Crippen LogP) is 2.47. The predicted molar refractivity (Wildman–Crippen MR) is 150 cm³/mol. The quantitative estimate of drug-likeness (QED) is 0.440. The van der Waals surface area contributed by atoms with E-state index in [4.69, 9.17) is 4.74 Å². The number of hydrogen-bond donors (Lipinski definition) is 2. The third-order valence-electron chi connectivity index (χ3n) is 7.28. The zero-order chi connectivity index (χ0) is 28.5. The number of hydrogen-bond acceptors (Lipinski definition) is 6. The van der Waals surface area contributed by atoms with Gasteiger partial charge in [-0.25, -0.2) is 12.7 Å². The van der Waals surface area contributed by atoms with Gasteiger partial charge in [0.2, 0.25) is 15.9 Å². The van der Waals surface area contributed by atoms with Crippen molar-refractivity contribution in [3.05, 3.63) is 59.8 Å². The number of para-hydroxylation sites is 1. The van der Waals surface area contributed by atoms with Gasteiger partial charge in [-0.05, 0) is 36.8 Å². The van der Waals surface area contributed by atoms with E-state index in [1.54, 1.807) is 30.0 Å². The molecule has 0 aliphatic carbocycles. The molecule has 0 unspecified atom stereocenters. The minimum atomic E-state index is -3.44. The van der Waals surface area contributed by atoms with E-state index >= 15 is 0 Å². The molecule has 0 saturated heterocycles. The first kappa shape index (κ1) is 28.6. The monoisotopic (exact) mass is 556 g/mol. The van der Waals surface area contributed by atoms with Crippen LogP contribution in [0.15, 0.2) is 48.7 Å². The highest BCUT2D eigenvalue weighted by atomic mass is 32.2. The van der Waals surface area contributed by atoms with Crippen LogP contribution in [-0.4, -0.2) is 84.3 Å². The van der Waals surface area contributed by atoms with Gasteiger partial charge >= 0.3 is 0 Å². The third-order valence-corrected chi connectivity index (χ3v) is 8.56. The van der Waals surface area contributed by atoms with Crippen molar-refractivity contribution in [2.24, 2.45) is 13.0 Å². The number of aliphatic hydroxyl groups excluding tert-OH is 1. The number of anilines is 1. The summed E-state index contributed by atoms with van der Waals surface area (Å²) in [7, 11) is -0.0230. The van der Waals surface area contributed by atoms with Crippen LogP contribution >= 0.6 is 0 Å². The fourth-order valence-corrected chi connectivity index (χ4v) is 5.27. The standard InChI is InChI=1S/C28H36N4O6S/c1-18-14-32(19(2)17-33)28(35)23-13-21(10-11-25(23)38-26(18)16-31(4)39(5,36)37)29-27(34)12-20-15-30(3)24-9-7-6-8-22(20)24/h6-11,13,15,18-19,26,33H,12,14,16-17H2,1-5H3,(H,29,34)/t18-,19+,26-/m1/s1. The summed E-state index contributed by atoms with van der Waals surface area (Å²) < 4.78 is 33.6. The summed E-state index contributed by atoms with van der Waals surface area (Å²) in [6, 6.07) is 12.3. The average molecular weight is 557 g/mol. The van der Waals surface area contributed by atoms with Crippen LogP contribution in [-0.2, 0) is 28.3 Å². The van der Waals surface area contributed by atoms with E-state index in [0.717, 1.165) is 22.7 Å². The number of nitrogens with one attached hydrogen (secondary N) is 1. The van der Waals surface area contributed by atoms with E-state index in [2.05, 4.69) is 5.32 Å². The van der Waals surface area contributed by atoms with E-state index in [-0.39, 0.29) is 49.4 Å². The molecule has 0 spiro atoms. The van der Waals surface area contributed by atoms with Crippen molar-refractivity contribution in [3.63, 3.8) is 0 Å². The van der Waals surface area contributed by atoms with Crippen LogP contribution in [0.2, 0.25) is 0 Å². The molecule has 1 aliphatic rings. The maximum absolute atomic E-state index is 13.6. The summed E-state index contributed by atoms with van der Waals surface area (Å²) in [6.45, 7) is 3.76. The number of aromatic nitrogens is 1. The van der Waals surface area contributed by atoms with Gasteiger partial charge in [-0.15, -0.1) is 0 Å². The normalized spacial score (nSPS) is 18.8. The second kappa shape index (κ2) is 11.4. The summed E-state index contributed by atoms with van der Waals surface area (Å²) in [6.07, 6.45) is 2.68. The molecular formula is C28H36N4O6S. The average Bonchev–Trinajstić information content (AvgIpc) is 3.20. The van der Waals surface area contributed by atoms with Gasteiger partial charge in [0.15, 0.2) is 0 Å². The number of benzene rings is 2. The van der Waals surface area contributed by atoms with Gasteiger partial charge in [-0.2, -0.15) is 0 Å². The number of aliphatic hydroxyl groups is 1. The van der Waals surface area contributed by atoms with Crippen LogP contribution in [0.1, 0.15) is 29.8 Å². The lowest BCUT2D eigenvalue weighted by molar-refractivity contribution is -0.115. The molecule has 0 radical (unpaired) electrons. The van der Waals surface area contributed by atoms with E-state index in [1.807, 2.05) is 49.0 Å². The van der Waals surface area contributed by atoms with Crippen LogP contribution in [0, 0.1) is 5.92 Å². The Hall–Kier alpha value is -3.41. The molecule has 39 heavy (non-hydrogen) atoms. The van der Waals surface area contributed by atoms with Crippen LogP contribution < -0.4 is 10.1 Å². The van der Waals surface area contributed by atoms with Gasteiger partial charge in [0, 0.05) is 49.3 Å². The highest BCUT2D eigenvalue weighted by molar-refractivity contribution is 7.88. The summed E-state index contributed by atoms with van der Waals surface area (Å²) in [5.74, 6) is -0.494. The Kier molecular flexibility index (Phi) is 8.34. The number of amides is 2. The molecule has 3 aromatic rings. The molecule has 210 valence electrons. The molecule has 0 bridgehead atoms. The Labute approximate surface area is 229 Å². The number of rotatable bonds is 8. The topological polar surface area (TPSA) is 121 Å². The molecule has 2 N–H and O–H groups in total. The Bertz CT molecular complexity index is 1480. The van der Waals surface area contributed by atoms with Crippen LogP contribution in [0.25, 0.3) is 10.9 Å². The van der Waals surface area contributed by atoms with Gasteiger partial charge in [0.1, 0.15) is 11.9 Å². The van der Waals surface area contributed by atoms with E-state index < -0.39 is 22.2 Å². The number of ether oxygens (including phenoxy) is 1. The summed E-state index contributed by atoms with van der Waals surface area (Å²) in [5, 5.41) is 13.7. The van der Waals surface area contributed by atoms with Crippen LogP contribution in [0.5, 0.6) is 5.75 Å². The number of carbonyl (C=O) groups is 2. The SMILES string of the molecule is C[C@@H]1CN([C@@H](C)CO)C(=O)c2cc(NC(=O)Cc3cn(C)c4ccccc34)ccc2O[C@@H]1CN(C)S(C)(=O)=O. The van der Waals surface area contributed by atoms with Crippen molar-refractivity contribution in [2.75, 3.05) is 38.3 Å². The molecule has 11 heteroatoms. The van der Waals surface area contributed by atoms with Crippen molar-refractivity contribution in [1.82, 2.24) is 13.8 Å². The first-order valence-corrected chi connectivity index (χ1v) is 14.7. The van der Waals surface area contributed by atoms with Gasteiger partial charge in [0.25, 0.3) is 5.91 Å². The number of likely N-dealkylation sites (N-methyl/N-ethyl adjacent to an activating group) is 1. The van der Waals surface area contributed by atoms with E-state index in [0.29, 0.717) is 11.4 Å². The second-order valence-electron chi connectivity index (χ2n) is 10.4. The second-order valence-corrected chi connectivity index (χ2v) is 12.5. The molecule has 10 nitrogen and oxygen atoms in total. The zero-order valence-electron chi connectivity index (χ0n) is 22.9. The van der Waals surface area contributed by atoms with E-state index in [9.17, 15) is 23.1 Å². The first-order valence-electron chi connectivity index (χ1n) is 12.9. The molecule has 0 saturated carbocycles. The zero-order valence-corrected chi connectivity index (χ0v) is 23.7. The Morgan fingerprint density at radius 3 is 2.67 bits per heavy atom. The summed E-state index contributed by atoms with van der Waals surface area (Å²) in [4.78, 5) is 28.2. The summed E-state index contributed by atoms with van der Waals surface area (Å²) >= 11 is 0. The smallest absolute Gasteiger partial charge is 0.258 e. The van der Waals surface area contributed by atoms with Crippen molar-refractivity contribution in [3.8, 4) is 5.75 Å². The van der Waals surface area contributed by atoms with Gasteiger partial charge in [0.05, 0.1) is 37.4 Å². The Balaban J connectivity index is 1.62. The highest BCUT2D eigenvalue weighted by Crippen LogP contribution is 2.31. The maximum atomic E-state index is 13.6. The van der Waals surface area contributed by atoms with Gasteiger partial charge in [-0.3, -0.25) is 9.59 Å². The minimum absolute atomic E-state index is 0.0957. The maximum Gasteiger partial charge on any atom is 0.258 e. The van der Waals surface area contributed by atoms with Crippen LogP contribution in [0.4, 0.5) is 5.69 Å². The van der Waals surface area contributed by atoms with Crippen molar-refractivity contribution in [2.45, 2.75) is 32.4 Å². The highest BCUT2D eigenvalue weighted by Gasteiger charge is 2.34. The Morgan fingerprint density at radius 1 is 1.26 bits per heavy atom. The number of fused-ring (bicyclic) bond motifs is 2. The van der Waals surface area contributed by atoms with Crippen molar-refractivity contribution >= 4 is 38.4 Å². The molecular weight excluding hydrogens is 520 g/mol. The molecule has 2 heterocycles. The largest absolute Gasteiger partial charge is 0.488 e. The Morgan fingerprint density at radius 2 is 1.97 bits per heavy atom. The molecule has 1 aliphatic heterocycles. The molecule has 1 aromatic heterocycles. The lowest BCUT2D eigenvalue weighted by atomic mass is 9.99. The van der Waals surface area contributed by atoms with E-state index in [1.165, 1.54) is 11.4 Å². The third kappa shape index (κ3) is 6.26. The lowest BCUT2D eigenvalue weighted by Crippen LogP contribution is -2.50. The minimum Gasteiger partial charge on any atom is -0.488 e. The first-order chi connectivity index (χ1) is 18.4. The number of aryl methyl sites for hydroxylation is 1. The molecule has 4 rings (SSSR count). The number of sulfonamides is 1. The molecule has 0 fully saturated rings. The van der Waals surface area contributed by atoms with Gasteiger partial charge in [-0.1, -0.05) is 25.1 Å². The molecule has 2 amide bonds. The lowest BCUT2D eigenvalue weighted by Gasteiger charge is -2.38. The number of nitrogens with zero attached hydrogens (tertiary/aromatic N) is 3. The molecule has 3 atom stereocenters.